The van der Waals surface area contributed by atoms with Crippen LogP contribution >= 0.6 is 0 Å². The number of benzene rings is 1. The Balaban J connectivity index is 2.17. The average Bonchev–Trinajstić information content (AvgIpc) is 2.38. The van der Waals surface area contributed by atoms with Crippen molar-refractivity contribution in [2.75, 3.05) is 20.2 Å². The van der Waals surface area contributed by atoms with Crippen LogP contribution in [0.15, 0.2) is 18.2 Å². The maximum atomic E-state index is 11.4. The average molecular weight is 263 g/mol. The molecule has 1 N–H and O–H groups in total. The molecule has 1 heterocycles. The number of β-amino-alcohol motifs (C(OH)–C–C–N with tert-alkyl or cyclic N) is 1. The largest absolute Gasteiger partial charge is 0.496 e. The van der Waals surface area contributed by atoms with Crippen LogP contribution in [0.3, 0.4) is 0 Å². The minimum Gasteiger partial charge on any atom is -0.496 e. The van der Waals surface area contributed by atoms with E-state index in [1.807, 2.05) is 12.1 Å². The Kier molecular flexibility index (Phi) is 4.56. The van der Waals surface area contributed by atoms with Crippen LogP contribution < -0.4 is 4.74 Å². The molecule has 0 aromatic heterocycles. The zero-order chi connectivity index (χ0) is 13.8. The fraction of sp³-hybridized carbons (Fsp3) is 0.533. The van der Waals surface area contributed by atoms with Gasteiger partial charge in [0.15, 0.2) is 5.78 Å². The Morgan fingerprint density at radius 1 is 1.53 bits per heavy atom. The number of hydrogen-bond donors (Lipinski definition) is 1. The predicted molar refractivity (Wildman–Crippen MR) is 73.5 cm³/mol. The molecule has 1 aliphatic heterocycles. The molecule has 0 spiro atoms. The molecule has 0 unspecified atom stereocenters. The van der Waals surface area contributed by atoms with Gasteiger partial charge in [-0.15, -0.1) is 0 Å². The highest BCUT2D eigenvalue weighted by Crippen LogP contribution is 2.23. The SMILES string of the molecule is COc1ccc(C(C)=O)cc1CN1CCC[C@@H](O)C1. The molecule has 0 bridgehead atoms. The molecule has 0 saturated carbocycles. The number of ether oxygens (including phenoxy) is 1. The molecule has 0 amide bonds. The maximum absolute atomic E-state index is 11.4. The summed E-state index contributed by atoms with van der Waals surface area (Å²) in [5.74, 6) is 0.854. The Bertz CT molecular complexity index is 459. The number of carbonyl (C=O) groups is 1. The number of aliphatic hydroxyl groups is 1. The van der Waals surface area contributed by atoms with Gasteiger partial charge in [-0.25, -0.2) is 0 Å². The van der Waals surface area contributed by atoms with Gasteiger partial charge in [-0.3, -0.25) is 9.69 Å². The van der Waals surface area contributed by atoms with Gasteiger partial charge < -0.3 is 9.84 Å². The van der Waals surface area contributed by atoms with Crippen LogP contribution in [0, 0.1) is 0 Å². The van der Waals surface area contributed by atoms with Crippen molar-refractivity contribution in [1.29, 1.82) is 0 Å². The topological polar surface area (TPSA) is 49.8 Å². The first-order valence-electron chi connectivity index (χ1n) is 6.68. The lowest BCUT2D eigenvalue weighted by atomic mass is 10.0. The zero-order valence-electron chi connectivity index (χ0n) is 11.6. The normalized spacial score (nSPS) is 20.3. The summed E-state index contributed by atoms with van der Waals surface area (Å²) in [5.41, 5.74) is 1.71. The number of ketones is 1. The van der Waals surface area contributed by atoms with Crippen LogP contribution in [0.25, 0.3) is 0 Å². The molecule has 104 valence electrons. The summed E-state index contributed by atoms with van der Waals surface area (Å²) in [7, 11) is 1.64. The summed E-state index contributed by atoms with van der Waals surface area (Å²) in [6, 6.07) is 5.52. The second kappa shape index (κ2) is 6.17. The van der Waals surface area contributed by atoms with Crippen LogP contribution in [0.5, 0.6) is 5.75 Å². The van der Waals surface area contributed by atoms with Gasteiger partial charge in [0.1, 0.15) is 5.75 Å². The van der Waals surface area contributed by atoms with Gasteiger partial charge in [-0.1, -0.05) is 0 Å². The van der Waals surface area contributed by atoms with Crippen molar-refractivity contribution in [1.82, 2.24) is 4.90 Å². The Hall–Kier alpha value is -1.39. The number of hydrogen-bond acceptors (Lipinski definition) is 4. The Labute approximate surface area is 114 Å². The number of carbonyl (C=O) groups excluding carboxylic acids is 1. The number of rotatable bonds is 4. The van der Waals surface area contributed by atoms with Crippen LogP contribution in [-0.4, -0.2) is 42.1 Å². The van der Waals surface area contributed by atoms with Crippen molar-refractivity contribution < 1.29 is 14.6 Å². The van der Waals surface area contributed by atoms with E-state index in [-0.39, 0.29) is 11.9 Å². The van der Waals surface area contributed by atoms with Gasteiger partial charge in [0.05, 0.1) is 13.2 Å². The van der Waals surface area contributed by atoms with Crippen molar-refractivity contribution in [3.05, 3.63) is 29.3 Å². The predicted octanol–water partition coefficient (Wildman–Crippen LogP) is 1.85. The molecule has 2 rings (SSSR count). The van der Waals surface area contributed by atoms with E-state index in [2.05, 4.69) is 4.90 Å². The second-order valence-corrected chi connectivity index (χ2v) is 5.11. The minimum absolute atomic E-state index is 0.0579. The van der Waals surface area contributed by atoms with Crippen LogP contribution in [0.2, 0.25) is 0 Å². The quantitative estimate of drug-likeness (QED) is 0.842. The third-order valence-electron chi connectivity index (χ3n) is 3.56. The Morgan fingerprint density at radius 3 is 2.95 bits per heavy atom. The molecule has 1 aromatic carbocycles. The molecular formula is C15H21NO3. The summed E-state index contributed by atoms with van der Waals surface area (Å²) in [5, 5.41) is 9.70. The van der Waals surface area contributed by atoms with E-state index in [0.29, 0.717) is 18.7 Å². The van der Waals surface area contributed by atoms with Crippen molar-refractivity contribution in [3.8, 4) is 5.75 Å². The summed E-state index contributed by atoms with van der Waals surface area (Å²) in [6.07, 6.45) is 1.65. The first kappa shape index (κ1) is 14.0. The van der Waals surface area contributed by atoms with E-state index in [0.717, 1.165) is 30.7 Å². The molecule has 1 aromatic rings. The maximum Gasteiger partial charge on any atom is 0.159 e. The summed E-state index contributed by atoms with van der Waals surface area (Å²) in [4.78, 5) is 13.7. The lowest BCUT2D eigenvalue weighted by Crippen LogP contribution is -2.37. The van der Waals surface area contributed by atoms with Crippen molar-refractivity contribution in [3.63, 3.8) is 0 Å². The van der Waals surface area contributed by atoms with Crippen molar-refractivity contribution in [2.24, 2.45) is 0 Å². The van der Waals surface area contributed by atoms with Crippen LogP contribution in [0.1, 0.15) is 35.7 Å². The molecule has 1 aliphatic rings. The van der Waals surface area contributed by atoms with Crippen molar-refractivity contribution >= 4 is 5.78 Å². The first-order chi connectivity index (χ1) is 9.10. The van der Waals surface area contributed by atoms with E-state index in [1.54, 1.807) is 20.1 Å². The minimum atomic E-state index is -0.240. The number of aliphatic hydroxyl groups excluding tert-OH is 1. The molecule has 4 nitrogen and oxygen atoms in total. The number of likely N-dealkylation sites (tertiary alicyclic amines) is 1. The number of methoxy groups -OCH3 is 1. The highest BCUT2D eigenvalue weighted by Gasteiger charge is 2.19. The number of Topliss-reactive ketones (excluding diaryl/α,β-unsaturated/α-hetero) is 1. The van der Waals surface area contributed by atoms with E-state index >= 15 is 0 Å². The second-order valence-electron chi connectivity index (χ2n) is 5.11. The van der Waals surface area contributed by atoms with E-state index in [4.69, 9.17) is 4.74 Å². The van der Waals surface area contributed by atoms with Crippen molar-refractivity contribution in [2.45, 2.75) is 32.4 Å². The zero-order valence-corrected chi connectivity index (χ0v) is 11.6. The highest BCUT2D eigenvalue weighted by molar-refractivity contribution is 5.94. The molecule has 1 fully saturated rings. The summed E-state index contributed by atoms with van der Waals surface area (Å²) >= 11 is 0. The smallest absolute Gasteiger partial charge is 0.159 e. The Morgan fingerprint density at radius 2 is 2.32 bits per heavy atom. The summed E-state index contributed by atoms with van der Waals surface area (Å²) < 4.78 is 5.35. The monoisotopic (exact) mass is 263 g/mol. The number of piperidine rings is 1. The fourth-order valence-electron chi connectivity index (χ4n) is 2.54. The molecule has 19 heavy (non-hydrogen) atoms. The molecule has 1 saturated heterocycles. The van der Waals surface area contributed by atoms with E-state index < -0.39 is 0 Å². The standard InChI is InChI=1S/C15H21NO3/c1-11(17)12-5-6-15(19-2)13(8-12)9-16-7-3-4-14(18)10-16/h5-6,8,14,18H,3-4,7,9-10H2,1-2H3/t14-/m1/s1. The molecular weight excluding hydrogens is 242 g/mol. The van der Waals surface area contributed by atoms with Gasteiger partial charge in [-0.2, -0.15) is 0 Å². The lowest BCUT2D eigenvalue weighted by Gasteiger charge is -2.30. The van der Waals surface area contributed by atoms with Gasteiger partial charge in [0.2, 0.25) is 0 Å². The van der Waals surface area contributed by atoms with Gasteiger partial charge in [-0.05, 0) is 44.5 Å². The molecule has 0 radical (unpaired) electrons. The highest BCUT2D eigenvalue weighted by atomic mass is 16.5. The molecule has 1 atom stereocenters. The molecule has 4 heteroatoms. The first-order valence-corrected chi connectivity index (χ1v) is 6.68. The van der Waals surface area contributed by atoms with Gasteiger partial charge in [0, 0.05) is 24.2 Å². The van der Waals surface area contributed by atoms with Gasteiger partial charge in [0.25, 0.3) is 0 Å². The third-order valence-corrected chi connectivity index (χ3v) is 3.56. The van der Waals surface area contributed by atoms with E-state index in [9.17, 15) is 9.90 Å². The fourth-order valence-corrected chi connectivity index (χ4v) is 2.54. The van der Waals surface area contributed by atoms with E-state index in [1.165, 1.54) is 0 Å². The molecule has 0 aliphatic carbocycles. The third kappa shape index (κ3) is 3.55. The van der Waals surface area contributed by atoms with Crippen LogP contribution in [-0.2, 0) is 6.54 Å². The summed E-state index contributed by atoms with van der Waals surface area (Å²) in [6.45, 7) is 3.94. The lowest BCUT2D eigenvalue weighted by molar-refractivity contribution is 0.0664. The van der Waals surface area contributed by atoms with Gasteiger partial charge >= 0.3 is 0 Å². The number of nitrogens with zero attached hydrogens (tertiary/aromatic N) is 1. The van der Waals surface area contributed by atoms with Crippen LogP contribution in [0.4, 0.5) is 0 Å².